The molecule has 11 heavy (non-hydrogen) atoms. The first kappa shape index (κ1) is 10.8. The maximum atomic E-state index is 10.1. The van der Waals surface area contributed by atoms with E-state index >= 15 is 0 Å². The molecule has 0 aliphatic rings. The van der Waals surface area contributed by atoms with Crippen LogP contribution in [0.1, 0.15) is 13.3 Å². The zero-order chi connectivity index (χ0) is 9.07. The van der Waals surface area contributed by atoms with Crippen molar-refractivity contribution in [2.45, 2.75) is 25.6 Å². The van der Waals surface area contributed by atoms with Crippen LogP contribution in [0.3, 0.4) is 0 Å². The van der Waals surface area contributed by atoms with Gasteiger partial charge in [-0.1, -0.05) is 0 Å². The van der Waals surface area contributed by atoms with Crippen LogP contribution in [-0.4, -0.2) is 41.1 Å². The predicted octanol–water partition coefficient (Wildman–Crippen LogP) is -0.994. The number of rotatable bonds is 4. The molecule has 0 aliphatic carbocycles. The van der Waals surface area contributed by atoms with Crippen LogP contribution in [0.4, 0.5) is 0 Å². The molecule has 0 fully saturated rings. The summed E-state index contributed by atoms with van der Waals surface area (Å²) in [4.78, 5) is 0. The fraction of sp³-hybridized carbons (Fsp3) is 1.00. The van der Waals surface area contributed by atoms with E-state index in [1.807, 2.05) is 0 Å². The molecule has 0 spiro atoms. The molecule has 0 aliphatic heterocycles. The van der Waals surface area contributed by atoms with Crippen LogP contribution < -0.4 is 0 Å². The molecule has 2 unspecified atom stereocenters. The SMILES string of the molecule is CC(O)CC(O)CS(=O)(=O)O. The van der Waals surface area contributed by atoms with E-state index in [4.69, 9.17) is 14.8 Å². The minimum atomic E-state index is -4.13. The minimum absolute atomic E-state index is 0.0558. The van der Waals surface area contributed by atoms with Gasteiger partial charge in [0.1, 0.15) is 5.75 Å². The zero-order valence-electron chi connectivity index (χ0n) is 6.14. The summed E-state index contributed by atoms with van der Waals surface area (Å²) in [7, 11) is -4.13. The predicted molar refractivity (Wildman–Crippen MR) is 38.7 cm³/mol. The molecule has 0 amide bonds. The average molecular weight is 184 g/mol. The largest absolute Gasteiger partial charge is 0.393 e. The van der Waals surface area contributed by atoms with Crippen molar-refractivity contribution in [3.63, 3.8) is 0 Å². The van der Waals surface area contributed by atoms with Gasteiger partial charge in [-0.05, 0) is 6.92 Å². The lowest BCUT2D eigenvalue weighted by atomic mass is 10.2. The summed E-state index contributed by atoms with van der Waals surface area (Å²) in [6.45, 7) is 1.42. The molecule has 5 nitrogen and oxygen atoms in total. The van der Waals surface area contributed by atoms with Gasteiger partial charge in [-0.2, -0.15) is 8.42 Å². The van der Waals surface area contributed by atoms with E-state index in [1.54, 1.807) is 0 Å². The van der Waals surface area contributed by atoms with E-state index in [0.29, 0.717) is 0 Å². The van der Waals surface area contributed by atoms with Gasteiger partial charge in [-0.3, -0.25) is 4.55 Å². The van der Waals surface area contributed by atoms with Crippen LogP contribution in [-0.2, 0) is 10.1 Å². The molecule has 68 valence electrons. The molecule has 0 aromatic rings. The Labute approximate surface area is 65.4 Å². The molecular weight excluding hydrogens is 172 g/mol. The second-order valence-corrected chi connectivity index (χ2v) is 3.98. The lowest BCUT2D eigenvalue weighted by Crippen LogP contribution is -2.23. The zero-order valence-corrected chi connectivity index (χ0v) is 6.95. The smallest absolute Gasteiger partial charge is 0.267 e. The Morgan fingerprint density at radius 2 is 1.82 bits per heavy atom. The van der Waals surface area contributed by atoms with Crippen LogP contribution in [0.25, 0.3) is 0 Å². The van der Waals surface area contributed by atoms with E-state index in [2.05, 4.69) is 0 Å². The summed E-state index contributed by atoms with van der Waals surface area (Å²) in [5.41, 5.74) is 0. The molecule has 0 rings (SSSR count). The van der Waals surface area contributed by atoms with Gasteiger partial charge in [0.05, 0.1) is 12.2 Å². The van der Waals surface area contributed by atoms with Gasteiger partial charge < -0.3 is 10.2 Å². The standard InChI is InChI=1S/C5H12O5S/c1-4(6)2-5(7)3-11(8,9)10/h4-7H,2-3H2,1H3,(H,8,9,10). The minimum Gasteiger partial charge on any atom is -0.393 e. The number of hydrogen-bond donors (Lipinski definition) is 3. The van der Waals surface area contributed by atoms with Crippen LogP contribution in [0, 0.1) is 0 Å². The van der Waals surface area contributed by atoms with Gasteiger partial charge >= 0.3 is 0 Å². The molecule has 0 radical (unpaired) electrons. The van der Waals surface area contributed by atoms with Crippen molar-refractivity contribution in [1.29, 1.82) is 0 Å². The highest BCUT2D eigenvalue weighted by atomic mass is 32.2. The molecule has 0 saturated heterocycles. The molecule has 3 N–H and O–H groups in total. The van der Waals surface area contributed by atoms with E-state index in [9.17, 15) is 8.42 Å². The second-order valence-electron chi connectivity index (χ2n) is 2.49. The topological polar surface area (TPSA) is 94.8 Å². The highest BCUT2D eigenvalue weighted by molar-refractivity contribution is 7.85. The van der Waals surface area contributed by atoms with E-state index in [0.717, 1.165) is 0 Å². The third-order valence-electron chi connectivity index (χ3n) is 1.02. The first-order chi connectivity index (χ1) is 4.81. The van der Waals surface area contributed by atoms with Gasteiger partial charge in [0.2, 0.25) is 0 Å². The van der Waals surface area contributed by atoms with Crippen molar-refractivity contribution in [2.75, 3.05) is 5.75 Å². The Hall–Kier alpha value is -0.170. The summed E-state index contributed by atoms with van der Waals surface area (Å²) in [5, 5.41) is 17.5. The number of aliphatic hydroxyl groups is 2. The third kappa shape index (κ3) is 7.73. The first-order valence-corrected chi connectivity index (χ1v) is 4.73. The summed E-state index contributed by atoms with van der Waals surface area (Å²) in [5.74, 6) is -0.724. The molecular formula is C5H12O5S. The summed E-state index contributed by atoms with van der Waals surface area (Å²) in [6, 6.07) is 0. The van der Waals surface area contributed by atoms with Crippen LogP contribution in [0.5, 0.6) is 0 Å². The van der Waals surface area contributed by atoms with Crippen LogP contribution in [0.15, 0.2) is 0 Å². The normalized spacial score (nSPS) is 17.8. The van der Waals surface area contributed by atoms with E-state index in [1.165, 1.54) is 6.92 Å². The maximum Gasteiger partial charge on any atom is 0.267 e. The highest BCUT2D eigenvalue weighted by Gasteiger charge is 2.15. The van der Waals surface area contributed by atoms with E-state index < -0.39 is 28.1 Å². The quantitative estimate of drug-likeness (QED) is 0.487. The summed E-state index contributed by atoms with van der Waals surface area (Å²) < 4.78 is 28.5. The number of hydrogen-bond acceptors (Lipinski definition) is 4. The van der Waals surface area contributed by atoms with Gasteiger partial charge in [0, 0.05) is 6.42 Å². The Bertz CT molecular complexity index is 195. The van der Waals surface area contributed by atoms with Crippen molar-refractivity contribution >= 4 is 10.1 Å². The lowest BCUT2D eigenvalue weighted by molar-refractivity contribution is 0.102. The highest BCUT2D eigenvalue weighted by Crippen LogP contribution is 1.99. The van der Waals surface area contributed by atoms with Gasteiger partial charge in [0.15, 0.2) is 0 Å². The molecule has 0 aromatic carbocycles. The van der Waals surface area contributed by atoms with Gasteiger partial charge in [-0.25, -0.2) is 0 Å². The molecule has 0 aromatic heterocycles. The van der Waals surface area contributed by atoms with E-state index in [-0.39, 0.29) is 6.42 Å². The van der Waals surface area contributed by atoms with Crippen LogP contribution in [0.2, 0.25) is 0 Å². The number of aliphatic hydroxyl groups excluding tert-OH is 2. The fourth-order valence-corrected chi connectivity index (χ4v) is 1.33. The van der Waals surface area contributed by atoms with Crippen molar-refractivity contribution in [3.05, 3.63) is 0 Å². The fourth-order valence-electron chi connectivity index (χ4n) is 0.705. The van der Waals surface area contributed by atoms with Gasteiger partial charge in [-0.15, -0.1) is 0 Å². The van der Waals surface area contributed by atoms with Crippen molar-refractivity contribution < 1.29 is 23.2 Å². The first-order valence-electron chi connectivity index (χ1n) is 3.12. The Kier molecular flexibility index (Phi) is 3.95. The Morgan fingerprint density at radius 1 is 1.36 bits per heavy atom. The van der Waals surface area contributed by atoms with Crippen molar-refractivity contribution in [2.24, 2.45) is 0 Å². The molecule has 0 saturated carbocycles. The van der Waals surface area contributed by atoms with Gasteiger partial charge in [0.25, 0.3) is 10.1 Å². The van der Waals surface area contributed by atoms with Crippen molar-refractivity contribution in [1.82, 2.24) is 0 Å². The Balaban J connectivity index is 3.80. The summed E-state index contributed by atoms with van der Waals surface area (Å²) in [6.07, 6.45) is -2.03. The lowest BCUT2D eigenvalue weighted by Gasteiger charge is -2.09. The molecule has 0 bridgehead atoms. The monoisotopic (exact) mass is 184 g/mol. The molecule has 2 atom stereocenters. The maximum absolute atomic E-state index is 10.1. The average Bonchev–Trinajstić information content (AvgIpc) is 1.53. The molecule has 6 heteroatoms. The van der Waals surface area contributed by atoms with Crippen molar-refractivity contribution in [3.8, 4) is 0 Å². The summed E-state index contributed by atoms with van der Waals surface area (Å²) >= 11 is 0. The second kappa shape index (κ2) is 4.01. The van der Waals surface area contributed by atoms with Crippen LogP contribution >= 0.6 is 0 Å². The third-order valence-corrected chi connectivity index (χ3v) is 1.82. The molecule has 0 heterocycles. The Morgan fingerprint density at radius 3 is 2.09 bits per heavy atom.